The van der Waals surface area contributed by atoms with Crippen molar-refractivity contribution in [2.45, 2.75) is 19.1 Å². The average Bonchev–Trinajstić information content (AvgIpc) is 2.48. The maximum atomic E-state index is 11.8. The van der Waals surface area contributed by atoms with E-state index in [-0.39, 0.29) is 12.4 Å². The van der Waals surface area contributed by atoms with E-state index in [4.69, 9.17) is 22.1 Å². The van der Waals surface area contributed by atoms with Gasteiger partial charge in [-0.05, 0) is 41.8 Å². The van der Waals surface area contributed by atoms with Gasteiger partial charge in [0.15, 0.2) is 0 Å². The maximum Gasteiger partial charge on any atom is 0.323 e. The number of benzene rings is 2. The van der Waals surface area contributed by atoms with Gasteiger partial charge in [-0.2, -0.15) is 0 Å². The minimum absolute atomic E-state index is 0.166. The summed E-state index contributed by atoms with van der Waals surface area (Å²) in [7, 11) is 0. The number of phenols is 1. The van der Waals surface area contributed by atoms with Crippen LogP contribution in [-0.2, 0) is 22.6 Å². The lowest BCUT2D eigenvalue weighted by atomic mass is 10.1. The Hall–Kier alpha value is -2.04. The second kappa shape index (κ2) is 7.11. The minimum Gasteiger partial charge on any atom is -0.508 e. The molecule has 1 atom stereocenters. The summed E-state index contributed by atoms with van der Waals surface area (Å²) in [4.78, 5) is 11.8. The molecule has 0 radical (unpaired) electrons. The Morgan fingerprint density at radius 1 is 1.10 bits per heavy atom. The standard InChI is InChI=1S/C16H16ClNO3/c17-13-5-1-12(2-6-13)10-21-16(20)15(18)9-11-3-7-14(19)8-4-11/h1-8,15,19H,9-10,18H2/t15-/m0/s1. The molecule has 2 rings (SSSR count). The number of carbonyl (C=O) groups is 1. The lowest BCUT2D eigenvalue weighted by Gasteiger charge is -2.12. The highest BCUT2D eigenvalue weighted by Gasteiger charge is 2.15. The Labute approximate surface area is 128 Å². The van der Waals surface area contributed by atoms with Gasteiger partial charge in [0.05, 0.1) is 0 Å². The molecule has 5 heteroatoms. The SMILES string of the molecule is N[C@@H](Cc1ccc(O)cc1)C(=O)OCc1ccc(Cl)cc1. The molecule has 2 aromatic rings. The second-order valence-corrected chi connectivity index (χ2v) is 5.15. The molecule has 0 aliphatic heterocycles. The van der Waals surface area contributed by atoms with Gasteiger partial charge >= 0.3 is 5.97 Å². The van der Waals surface area contributed by atoms with Crippen LogP contribution in [0.2, 0.25) is 5.02 Å². The molecule has 4 nitrogen and oxygen atoms in total. The molecule has 0 spiro atoms. The van der Waals surface area contributed by atoms with Crippen molar-refractivity contribution in [1.29, 1.82) is 0 Å². The number of ether oxygens (including phenoxy) is 1. The number of rotatable bonds is 5. The number of carbonyl (C=O) groups excluding carboxylic acids is 1. The summed E-state index contributed by atoms with van der Waals surface area (Å²) in [5, 5.41) is 9.83. The first-order chi connectivity index (χ1) is 10.0. The van der Waals surface area contributed by atoms with Gasteiger partial charge < -0.3 is 15.6 Å². The first-order valence-corrected chi connectivity index (χ1v) is 6.87. The highest BCUT2D eigenvalue weighted by molar-refractivity contribution is 6.30. The monoisotopic (exact) mass is 305 g/mol. The third-order valence-electron chi connectivity index (χ3n) is 2.99. The molecule has 21 heavy (non-hydrogen) atoms. The van der Waals surface area contributed by atoms with Crippen molar-refractivity contribution in [3.05, 3.63) is 64.7 Å². The molecule has 0 saturated heterocycles. The summed E-state index contributed by atoms with van der Waals surface area (Å²) in [5.41, 5.74) is 7.53. The van der Waals surface area contributed by atoms with Crippen LogP contribution in [0.5, 0.6) is 5.75 Å². The van der Waals surface area contributed by atoms with Crippen molar-refractivity contribution in [3.8, 4) is 5.75 Å². The number of hydrogen-bond acceptors (Lipinski definition) is 4. The number of hydrogen-bond donors (Lipinski definition) is 2. The highest BCUT2D eigenvalue weighted by Crippen LogP contribution is 2.12. The normalized spacial score (nSPS) is 11.9. The number of esters is 1. The van der Waals surface area contributed by atoms with Crippen molar-refractivity contribution in [2.75, 3.05) is 0 Å². The summed E-state index contributed by atoms with van der Waals surface area (Å²) in [6.45, 7) is 0.166. The molecule has 0 amide bonds. The molecular formula is C16H16ClNO3. The fourth-order valence-corrected chi connectivity index (χ4v) is 1.94. The van der Waals surface area contributed by atoms with Gasteiger partial charge in [-0.25, -0.2) is 0 Å². The molecule has 0 aliphatic rings. The minimum atomic E-state index is -0.734. The zero-order valence-electron chi connectivity index (χ0n) is 11.3. The molecule has 0 unspecified atom stereocenters. The number of phenolic OH excluding ortho intramolecular Hbond substituents is 1. The molecule has 0 aromatic heterocycles. The third kappa shape index (κ3) is 4.77. The first kappa shape index (κ1) is 15.4. The van der Waals surface area contributed by atoms with Crippen molar-refractivity contribution in [1.82, 2.24) is 0 Å². The van der Waals surface area contributed by atoms with Crippen molar-refractivity contribution in [3.63, 3.8) is 0 Å². The molecule has 3 N–H and O–H groups in total. The quantitative estimate of drug-likeness (QED) is 0.833. The Kier molecular flexibility index (Phi) is 5.20. The van der Waals surface area contributed by atoms with Crippen LogP contribution in [0, 0.1) is 0 Å². The van der Waals surface area contributed by atoms with E-state index in [9.17, 15) is 9.90 Å². The molecule has 0 bridgehead atoms. The van der Waals surface area contributed by atoms with E-state index in [1.54, 1.807) is 48.5 Å². The largest absolute Gasteiger partial charge is 0.508 e. The average molecular weight is 306 g/mol. The topological polar surface area (TPSA) is 72.5 Å². The van der Waals surface area contributed by atoms with Gasteiger partial charge in [-0.3, -0.25) is 4.79 Å². The van der Waals surface area contributed by atoms with Gasteiger partial charge in [-0.1, -0.05) is 35.9 Å². The van der Waals surface area contributed by atoms with Crippen LogP contribution in [0.25, 0.3) is 0 Å². The zero-order valence-corrected chi connectivity index (χ0v) is 12.1. The Morgan fingerprint density at radius 3 is 2.29 bits per heavy atom. The second-order valence-electron chi connectivity index (χ2n) is 4.71. The van der Waals surface area contributed by atoms with Crippen LogP contribution < -0.4 is 5.73 Å². The summed E-state index contributed by atoms with van der Waals surface area (Å²) >= 11 is 5.78. The van der Waals surface area contributed by atoms with E-state index in [0.29, 0.717) is 11.4 Å². The Balaban J connectivity index is 1.84. The van der Waals surface area contributed by atoms with E-state index < -0.39 is 12.0 Å². The van der Waals surface area contributed by atoms with Gasteiger partial charge in [0, 0.05) is 5.02 Å². The van der Waals surface area contributed by atoms with Gasteiger partial charge in [0.1, 0.15) is 18.4 Å². The van der Waals surface area contributed by atoms with Gasteiger partial charge in [-0.15, -0.1) is 0 Å². The van der Waals surface area contributed by atoms with Gasteiger partial charge in [0.2, 0.25) is 0 Å². The fraction of sp³-hybridized carbons (Fsp3) is 0.188. The lowest BCUT2D eigenvalue weighted by molar-refractivity contribution is -0.146. The van der Waals surface area contributed by atoms with Crippen LogP contribution >= 0.6 is 11.6 Å². The third-order valence-corrected chi connectivity index (χ3v) is 3.24. The van der Waals surface area contributed by atoms with Gasteiger partial charge in [0.25, 0.3) is 0 Å². The number of aromatic hydroxyl groups is 1. The highest BCUT2D eigenvalue weighted by atomic mass is 35.5. The van der Waals surface area contributed by atoms with E-state index in [1.807, 2.05) is 0 Å². The van der Waals surface area contributed by atoms with Crippen molar-refractivity contribution in [2.24, 2.45) is 5.73 Å². The summed E-state index contributed by atoms with van der Waals surface area (Å²) in [5.74, 6) is -0.282. The zero-order chi connectivity index (χ0) is 15.2. The summed E-state index contributed by atoms with van der Waals surface area (Å²) in [6.07, 6.45) is 0.361. The first-order valence-electron chi connectivity index (χ1n) is 6.49. The molecule has 0 aliphatic carbocycles. The molecule has 0 fully saturated rings. The molecule has 0 saturated carbocycles. The summed E-state index contributed by atoms with van der Waals surface area (Å²) < 4.78 is 5.17. The van der Waals surface area contributed by atoms with E-state index >= 15 is 0 Å². The van der Waals surface area contributed by atoms with E-state index in [2.05, 4.69) is 0 Å². The van der Waals surface area contributed by atoms with E-state index in [1.165, 1.54) is 0 Å². The lowest BCUT2D eigenvalue weighted by Crippen LogP contribution is -2.34. The van der Waals surface area contributed by atoms with E-state index in [0.717, 1.165) is 11.1 Å². The molecule has 110 valence electrons. The summed E-state index contributed by atoms with van der Waals surface area (Å²) in [6, 6.07) is 12.9. The smallest absolute Gasteiger partial charge is 0.323 e. The van der Waals surface area contributed by atoms with Crippen molar-refractivity contribution < 1.29 is 14.6 Å². The fourth-order valence-electron chi connectivity index (χ4n) is 1.81. The Bertz CT molecular complexity index is 596. The molecule has 2 aromatic carbocycles. The van der Waals surface area contributed by atoms with Crippen LogP contribution in [0.15, 0.2) is 48.5 Å². The molecule has 0 heterocycles. The number of nitrogens with two attached hydrogens (primary N) is 1. The Morgan fingerprint density at radius 2 is 1.67 bits per heavy atom. The van der Waals surface area contributed by atoms with Crippen LogP contribution in [0.4, 0.5) is 0 Å². The van der Waals surface area contributed by atoms with Crippen molar-refractivity contribution >= 4 is 17.6 Å². The van der Waals surface area contributed by atoms with Crippen LogP contribution in [0.1, 0.15) is 11.1 Å². The predicted octanol–water partition coefficient (Wildman–Crippen LogP) is 2.66. The molecular weight excluding hydrogens is 290 g/mol. The predicted molar refractivity (Wildman–Crippen MR) is 81.0 cm³/mol. The van der Waals surface area contributed by atoms with Crippen LogP contribution in [0.3, 0.4) is 0 Å². The number of halogens is 1. The maximum absolute atomic E-state index is 11.8. The van der Waals surface area contributed by atoms with Crippen LogP contribution in [-0.4, -0.2) is 17.1 Å².